The van der Waals surface area contributed by atoms with Gasteiger partial charge in [0.05, 0.1) is 13.2 Å². The van der Waals surface area contributed by atoms with Gasteiger partial charge in [0.25, 0.3) is 0 Å². The predicted octanol–water partition coefficient (Wildman–Crippen LogP) is 1.53. The lowest BCUT2D eigenvalue weighted by Crippen LogP contribution is -2.13. The van der Waals surface area contributed by atoms with Gasteiger partial charge in [-0.25, -0.2) is 4.79 Å². The van der Waals surface area contributed by atoms with Gasteiger partial charge in [0.1, 0.15) is 11.8 Å². The third-order valence-corrected chi connectivity index (χ3v) is 1.94. The van der Waals surface area contributed by atoms with Gasteiger partial charge < -0.3 is 9.47 Å². The van der Waals surface area contributed by atoms with Crippen LogP contribution in [0.5, 0.6) is 0 Å². The topological polar surface area (TPSA) is 59.3 Å². The van der Waals surface area contributed by atoms with Crippen LogP contribution in [0.2, 0.25) is 0 Å². The average molecular weight is 195 g/mol. The molecule has 0 aromatic heterocycles. The first-order valence-corrected chi connectivity index (χ1v) is 4.72. The minimum Gasteiger partial charge on any atom is -0.496 e. The number of ether oxygens (including phenoxy) is 2. The zero-order chi connectivity index (χ0) is 10.4. The Hall–Kier alpha value is -1.50. The Morgan fingerprint density at radius 3 is 2.93 bits per heavy atom. The molecule has 1 aliphatic rings. The van der Waals surface area contributed by atoms with Gasteiger partial charge in [0.15, 0.2) is 5.57 Å². The molecule has 0 spiro atoms. The SMILES string of the molecule is CCOC(=O)/C(C#N)=C1\CCCCO1. The molecule has 0 aliphatic carbocycles. The fourth-order valence-corrected chi connectivity index (χ4v) is 1.28. The van der Waals surface area contributed by atoms with Crippen molar-refractivity contribution in [2.75, 3.05) is 13.2 Å². The van der Waals surface area contributed by atoms with Gasteiger partial charge in [-0.1, -0.05) is 0 Å². The van der Waals surface area contributed by atoms with Crippen molar-refractivity contribution in [3.05, 3.63) is 11.3 Å². The Labute approximate surface area is 83.1 Å². The molecule has 14 heavy (non-hydrogen) atoms. The molecule has 0 saturated carbocycles. The molecule has 0 unspecified atom stereocenters. The lowest BCUT2D eigenvalue weighted by atomic mass is 10.1. The van der Waals surface area contributed by atoms with Gasteiger partial charge in [-0.3, -0.25) is 0 Å². The Bertz CT molecular complexity index is 280. The standard InChI is InChI=1S/C10H13NO3/c1-2-13-10(12)8(7-11)9-5-3-4-6-14-9/h2-6H2,1H3/b9-8+. The van der Waals surface area contributed by atoms with Crippen molar-refractivity contribution in [2.24, 2.45) is 0 Å². The molecule has 4 heteroatoms. The van der Waals surface area contributed by atoms with Crippen molar-refractivity contribution in [3.8, 4) is 6.07 Å². The van der Waals surface area contributed by atoms with Crippen molar-refractivity contribution >= 4 is 5.97 Å². The molecule has 0 amide bonds. The molecule has 0 atom stereocenters. The molecule has 0 bridgehead atoms. The fourth-order valence-electron chi connectivity index (χ4n) is 1.28. The maximum Gasteiger partial charge on any atom is 0.352 e. The van der Waals surface area contributed by atoms with Crippen LogP contribution in [-0.4, -0.2) is 19.2 Å². The molecule has 0 aromatic rings. The van der Waals surface area contributed by atoms with Gasteiger partial charge in [0, 0.05) is 6.42 Å². The Morgan fingerprint density at radius 1 is 1.64 bits per heavy atom. The van der Waals surface area contributed by atoms with Crippen molar-refractivity contribution in [2.45, 2.75) is 26.2 Å². The molecule has 1 rings (SSSR count). The second kappa shape index (κ2) is 5.28. The van der Waals surface area contributed by atoms with E-state index in [0.717, 1.165) is 12.8 Å². The summed E-state index contributed by atoms with van der Waals surface area (Å²) in [6.45, 7) is 2.57. The second-order valence-electron chi connectivity index (χ2n) is 2.94. The highest BCUT2D eigenvalue weighted by atomic mass is 16.5. The summed E-state index contributed by atoms with van der Waals surface area (Å²) in [6.07, 6.45) is 2.59. The van der Waals surface area contributed by atoms with Crippen LogP contribution >= 0.6 is 0 Å². The highest BCUT2D eigenvalue weighted by molar-refractivity contribution is 5.93. The van der Waals surface area contributed by atoms with Crippen LogP contribution in [0, 0.1) is 11.3 Å². The Kier molecular flexibility index (Phi) is 3.99. The third-order valence-electron chi connectivity index (χ3n) is 1.94. The van der Waals surface area contributed by atoms with E-state index >= 15 is 0 Å². The molecule has 1 saturated heterocycles. The van der Waals surface area contributed by atoms with Gasteiger partial charge >= 0.3 is 5.97 Å². The van der Waals surface area contributed by atoms with Gasteiger partial charge in [-0.2, -0.15) is 5.26 Å². The van der Waals surface area contributed by atoms with E-state index in [-0.39, 0.29) is 12.2 Å². The first-order valence-electron chi connectivity index (χ1n) is 4.72. The molecule has 4 nitrogen and oxygen atoms in total. The summed E-state index contributed by atoms with van der Waals surface area (Å²) in [7, 11) is 0. The minimum absolute atomic E-state index is 0.0200. The maximum absolute atomic E-state index is 11.3. The molecule has 0 N–H and O–H groups in total. The van der Waals surface area contributed by atoms with Gasteiger partial charge in [-0.15, -0.1) is 0 Å². The number of esters is 1. The first-order chi connectivity index (χ1) is 6.79. The molecule has 1 heterocycles. The summed E-state index contributed by atoms with van der Waals surface area (Å²) in [5, 5.41) is 8.79. The van der Waals surface area contributed by atoms with Gasteiger partial charge in [-0.05, 0) is 19.8 Å². The molecule has 1 fully saturated rings. The molecule has 1 aliphatic heterocycles. The first kappa shape index (κ1) is 10.6. The van der Waals surface area contributed by atoms with E-state index < -0.39 is 5.97 Å². The van der Waals surface area contributed by atoms with Crippen molar-refractivity contribution in [1.82, 2.24) is 0 Å². The Morgan fingerprint density at radius 2 is 2.43 bits per heavy atom. The second-order valence-corrected chi connectivity index (χ2v) is 2.94. The van der Waals surface area contributed by atoms with Crippen LogP contribution in [0.15, 0.2) is 11.3 Å². The monoisotopic (exact) mass is 195 g/mol. The summed E-state index contributed by atoms with van der Waals surface area (Å²) in [5.74, 6) is -0.0934. The zero-order valence-electron chi connectivity index (χ0n) is 8.21. The average Bonchev–Trinajstić information content (AvgIpc) is 2.21. The largest absolute Gasteiger partial charge is 0.496 e. The molecular formula is C10H13NO3. The number of carbonyl (C=O) groups is 1. The van der Waals surface area contributed by atoms with Crippen molar-refractivity contribution < 1.29 is 14.3 Å². The smallest absolute Gasteiger partial charge is 0.352 e. The van der Waals surface area contributed by atoms with Crippen LogP contribution in [0.1, 0.15) is 26.2 Å². The van der Waals surface area contributed by atoms with Crippen molar-refractivity contribution in [3.63, 3.8) is 0 Å². The Balaban J connectivity index is 2.77. The number of hydrogen-bond acceptors (Lipinski definition) is 4. The van der Waals surface area contributed by atoms with E-state index in [1.54, 1.807) is 6.92 Å². The van der Waals surface area contributed by atoms with E-state index in [4.69, 9.17) is 14.7 Å². The van der Waals surface area contributed by atoms with E-state index in [1.165, 1.54) is 0 Å². The minimum atomic E-state index is -0.577. The number of allylic oxidation sites excluding steroid dienone is 1. The molecule has 0 radical (unpaired) electrons. The predicted molar refractivity (Wildman–Crippen MR) is 49.1 cm³/mol. The van der Waals surface area contributed by atoms with Crippen LogP contribution in [0.4, 0.5) is 0 Å². The zero-order valence-corrected chi connectivity index (χ0v) is 8.21. The van der Waals surface area contributed by atoms with Crippen LogP contribution in [-0.2, 0) is 14.3 Å². The van der Waals surface area contributed by atoms with Crippen LogP contribution in [0.25, 0.3) is 0 Å². The molecular weight excluding hydrogens is 182 g/mol. The highest BCUT2D eigenvalue weighted by Gasteiger charge is 2.19. The van der Waals surface area contributed by atoms with Crippen LogP contribution in [0.3, 0.4) is 0 Å². The van der Waals surface area contributed by atoms with E-state index in [2.05, 4.69) is 0 Å². The number of rotatable bonds is 2. The molecule has 76 valence electrons. The lowest BCUT2D eigenvalue weighted by Gasteiger charge is -2.16. The number of hydrogen-bond donors (Lipinski definition) is 0. The van der Waals surface area contributed by atoms with E-state index in [0.29, 0.717) is 18.8 Å². The fraction of sp³-hybridized carbons (Fsp3) is 0.600. The summed E-state index contributed by atoms with van der Waals surface area (Å²) < 4.78 is 10.0. The normalized spacial score (nSPS) is 19.1. The summed E-state index contributed by atoms with van der Waals surface area (Å²) in [5.41, 5.74) is 0.0200. The van der Waals surface area contributed by atoms with E-state index in [1.807, 2.05) is 6.07 Å². The quantitative estimate of drug-likeness (QED) is 0.381. The summed E-state index contributed by atoms with van der Waals surface area (Å²) in [6, 6.07) is 1.84. The number of carbonyl (C=O) groups excluding carboxylic acids is 1. The number of nitriles is 1. The number of nitrogens with zero attached hydrogens (tertiary/aromatic N) is 1. The molecule has 0 aromatic carbocycles. The van der Waals surface area contributed by atoms with Crippen LogP contribution < -0.4 is 0 Å². The third kappa shape index (κ3) is 2.49. The van der Waals surface area contributed by atoms with Crippen molar-refractivity contribution in [1.29, 1.82) is 5.26 Å². The summed E-state index contributed by atoms with van der Waals surface area (Å²) in [4.78, 5) is 11.3. The van der Waals surface area contributed by atoms with E-state index in [9.17, 15) is 4.79 Å². The summed E-state index contributed by atoms with van der Waals surface area (Å²) >= 11 is 0. The van der Waals surface area contributed by atoms with Gasteiger partial charge in [0.2, 0.25) is 0 Å². The highest BCUT2D eigenvalue weighted by Crippen LogP contribution is 2.20. The maximum atomic E-state index is 11.3. The lowest BCUT2D eigenvalue weighted by molar-refractivity contribution is -0.138.